The summed E-state index contributed by atoms with van der Waals surface area (Å²) in [5.74, 6) is 0.748. The highest BCUT2D eigenvalue weighted by molar-refractivity contribution is 6.29. The van der Waals surface area contributed by atoms with Gasteiger partial charge in [0.25, 0.3) is 0 Å². The summed E-state index contributed by atoms with van der Waals surface area (Å²) in [6.07, 6.45) is 4.12. The molecule has 0 unspecified atom stereocenters. The van der Waals surface area contributed by atoms with Crippen LogP contribution in [-0.4, -0.2) is 17.1 Å². The molecule has 1 heterocycles. The third-order valence-electron chi connectivity index (χ3n) is 4.67. The molecular weight excluding hydrogens is 284 g/mol. The minimum atomic E-state index is -0.388. The average molecular weight is 311 g/mol. The van der Waals surface area contributed by atoms with E-state index in [2.05, 4.69) is 39.6 Å². The third-order valence-corrected chi connectivity index (χ3v) is 4.87. The van der Waals surface area contributed by atoms with Gasteiger partial charge in [-0.25, -0.2) is 9.97 Å². The van der Waals surface area contributed by atoms with E-state index in [4.69, 9.17) is 21.3 Å². The van der Waals surface area contributed by atoms with E-state index in [1.807, 2.05) is 6.07 Å². The Morgan fingerprint density at radius 2 is 1.67 bits per heavy atom. The van der Waals surface area contributed by atoms with E-state index in [1.54, 1.807) is 7.11 Å². The molecule has 3 nitrogen and oxygen atoms in total. The van der Waals surface area contributed by atoms with Gasteiger partial charge in [-0.3, -0.25) is 0 Å². The minimum Gasteiger partial charge on any atom is -0.370 e. The first-order valence-corrected chi connectivity index (χ1v) is 8.07. The molecular formula is C17H27ClN2O. The number of halogens is 1. The lowest BCUT2D eigenvalue weighted by Gasteiger charge is -2.41. The smallest absolute Gasteiger partial charge is 0.162 e. The molecule has 0 N–H and O–H groups in total. The van der Waals surface area contributed by atoms with Gasteiger partial charge >= 0.3 is 0 Å². The SMILES string of the molecule is COC1(c2nc(Cl)cc(C(C)(C)C)n2)CCC(C)(C)CC1. The van der Waals surface area contributed by atoms with E-state index >= 15 is 0 Å². The van der Waals surface area contributed by atoms with Gasteiger partial charge in [-0.05, 0) is 37.2 Å². The van der Waals surface area contributed by atoms with E-state index in [9.17, 15) is 0 Å². The Balaban J connectivity index is 2.42. The predicted octanol–water partition coefficient (Wildman–Crippen LogP) is 4.87. The number of hydrogen-bond acceptors (Lipinski definition) is 3. The van der Waals surface area contributed by atoms with Gasteiger partial charge in [-0.15, -0.1) is 0 Å². The first kappa shape index (κ1) is 16.7. The Labute approximate surface area is 133 Å². The molecule has 0 aromatic carbocycles. The van der Waals surface area contributed by atoms with Crippen molar-refractivity contribution in [3.63, 3.8) is 0 Å². The lowest BCUT2D eigenvalue weighted by molar-refractivity contribution is -0.0731. The summed E-state index contributed by atoms with van der Waals surface area (Å²) in [5, 5.41) is 0.506. The molecule has 0 atom stereocenters. The van der Waals surface area contributed by atoms with Gasteiger partial charge in [0.1, 0.15) is 10.8 Å². The monoisotopic (exact) mass is 310 g/mol. The van der Waals surface area contributed by atoms with Crippen molar-refractivity contribution in [1.82, 2.24) is 9.97 Å². The molecule has 1 fully saturated rings. The molecule has 4 heteroatoms. The minimum absolute atomic E-state index is 0.0514. The lowest BCUT2D eigenvalue weighted by Crippen LogP contribution is -2.38. The maximum Gasteiger partial charge on any atom is 0.162 e. The lowest BCUT2D eigenvalue weighted by atomic mass is 9.70. The zero-order valence-electron chi connectivity index (χ0n) is 14.1. The second-order valence-corrected chi connectivity index (χ2v) is 8.40. The van der Waals surface area contributed by atoms with Crippen molar-refractivity contribution in [3.05, 3.63) is 22.7 Å². The first-order valence-electron chi connectivity index (χ1n) is 7.69. The Bertz CT molecular complexity index is 510. The maximum atomic E-state index is 6.24. The molecule has 118 valence electrons. The van der Waals surface area contributed by atoms with Crippen molar-refractivity contribution >= 4 is 11.6 Å². The van der Waals surface area contributed by atoms with Crippen LogP contribution in [-0.2, 0) is 15.8 Å². The summed E-state index contributed by atoms with van der Waals surface area (Å²) in [7, 11) is 1.76. The molecule has 0 aliphatic heterocycles. The summed E-state index contributed by atoms with van der Waals surface area (Å²) in [6, 6.07) is 1.86. The van der Waals surface area contributed by atoms with Crippen molar-refractivity contribution in [2.45, 2.75) is 71.3 Å². The molecule has 1 saturated carbocycles. The zero-order chi connectivity index (χ0) is 15.9. The predicted molar refractivity (Wildman–Crippen MR) is 86.7 cm³/mol. The molecule has 0 spiro atoms. The highest BCUT2D eigenvalue weighted by Gasteiger charge is 2.42. The average Bonchev–Trinajstić information content (AvgIpc) is 2.38. The highest BCUT2D eigenvalue weighted by atomic mass is 35.5. The summed E-state index contributed by atoms with van der Waals surface area (Å²) >= 11 is 6.24. The fourth-order valence-corrected chi connectivity index (χ4v) is 3.04. The number of ether oxygens (including phenoxy) is 1. The zero-order valence-corrected chi connectivity index (χ0v) is 14.8. The van der Waals surface area contributed by atoms with Crippen LogP contribution in [0, 0.1) is 5.41 Å². The van der Waals surface area contributed by atoms with Crippen LogP contribution in [0.25, 0.3) is 0 Å². The molecule has 21 heavy (non-hydrogen) atoms. The van der Waals surface area contributed by atoms with Gasteiger partial charge in [-0.2, -0.15) is 0 Å². The quantitative estimate of drug-likeness (QED) is 0.731. The largest absolute Gasteiger partial charge is 0.370 e. The van der Waals surface area contributed by atoms with E-state index in [-0.39, 0.29) is 11.0 Å². The van der Waals surface area contributed by atoms with Crippen molar-refractivity contribution < 1.29 is 4.74 Å². The molecule has 2 rings (SSSR count). The van der Waals surface area contributed by atoms with Crippen LogP contribution in [0.4, 0.5) is 0 Å². The number of nitrogens with zero attached hydrogens (tertiary/aromatic N) is 2. The van der Waals surface area contributed by atoms with Crippen molar-refractivity contribution in [1.29, 1.82) is 0 Å². The van der Waals surface area contributed by atoms with Crippen LogP contribution in [0.5, 0.6) is 0 Å². The third kappa shape index (κ3) is 3.57. The van der Waals surface area contributed by atoms with Gasteiger partial charge in [0.15, 0.2) is 5.82 Å². The Morgan fingerprint density at radius 1 is 1.10 bits per heavy atom. The normalized spacial score (nSPS) is 21.3. The summed E-state index contributed by atoms with van der Waals surface area (Å²) < 4.78 is 5.90. The van der Waals surface area contributed by atoms with Crippen LogP contribution in [0.15, 0.2) is 6.07 Å². The standard InChI is InChI=1S/C17H27ClN2O/c1-15(2,3)12-11-13(18)20-14(19-12)17(21-6)9-7-16(4,5)8-10-17/h11H,7-10H2,1-6H3. The van der Waals surface area contributed by atoms with Crippen LogP contribution in [0.1, 0.15) is 71.8 Å². The Hall–Kier alpha value is -0.670. The molecule has 1 aliphatic rings. The fourth-order valence-electron chi connectivity index (χ4n) is 2.86. The van der Waals surface area contributed by atoms with Crippen LogP contribution in [0.2, 0.25) is 5.15 Å². The fraction of sp³-hybridized carbons (Fsp3) is 0.765. The Kier molecular flexibility index (Phi) is 4.38. The van der Waals surface area contributed by atoms with Gasteiger partial charge in [0.2, 0.25) is 0 Å². The van der Waals surface area contributed by atoms with Crippen LogP contribution < -0.4 is 0 Å². The van der Waals surface area contributed by atoms with Crippen molar-refractivity contribution in [2.75, 3.05) is 7.11 Å². The van der Waals surface area contributed by atoms with Gasteiger partial charge < -0.3 is 4.74 Å². The topological polar surface area (TPSA) is 35.0 Å². The van der Waals surface area contributed by atoms with E-state index in [0.29, 0.717) is 10.6 Å². The molecule has 1 aromatic heterocycles. The molecule has 1 aromatic rings. The molecule has 0 amide bonds. The maximum absolute atomic E-state index is 6.24. The second kappa shape index (κ2) is 5.51. The molecule has 1 aliphatic carbocycles. The number of aromatic nitrogens is 2. The Morgan fingerprint density at radius 3 is 2.14 bits per heavy atom. The van der Waals surface area contributed by atoms with Gasteiger partial charge in [0.05, 0.1) is 5.69 Å². The van der Waals surface area contributed by atoms with E-state index in [0.717, 1.165) is 37.2 Å². The number of rotatable bonds is 2. The van der Waals surface area contributed by atoms with Crippen LogP contribution >= 0.6 is 11.6 Å². The summed E-state index contributed by atoms with van der Waals surface area (Å²) in [4.78, 5) is 9.29. The van der Waals surface area contributed by atoms with E-state index < -0.39 is 0 Å². The summed E-state index contributed by atoms with van der Waals surface area (Å²) in [6.45, 7) is 11.0. The van der Waals surface area contributed by atoms with Gasteiger partial charge in [-0.1, -0.05) is 46.2 Å². The molecule has 0 radical (unpaired) electrons. The summed E-state index contributed by atoms with van der Waals surface area (Å²) in [5.41, 5.74) is 0.900. The highest BCUT2D eigenvalue weighted by Crippen LogP contribution is 2.46. The second-order valence-electron chi connectivity index (χ2n) is 8.01. The van der Waals surface area contributed by atoms with Crippen molar-refractivity contribution in [3.8, 4) is 0 Å². The molecule has 0 saturated heterocycles. The number of hydrogen-bond donors (Lipinski definition) is 0. The van der Waals surface area contributed by atoms with Crippen LogP contribution in [0.3, 0.4) is 0 Å². The van der Waals surface area contributed by atoms with E-state index in [1.165, 1.54) is 0 Å². The number of methoxy groups -OCH3 is 1. The van der Waals surface area contributed by atoms with Gasteiger partial charge in [0, 0.05) is 12.5 Å². The first-order chi connectivity index (χ1) is 9.58. The van der Waals surface area contributed by atoms with Crippen molar-refractivity contribution in [2.24, 2.45) is 5.41 Å². The molecule has 0 bridgehead atoms.